The number of nitrogens with zero attached hydrogens (tertiary/aromatic N) is 5. The standard InChI is InChI=1S/C18H18F3N5/c1-25-6-3-7-26(9-8-25)17-11-15(23-16(12-22)24-17)13-4-2-5-14(10-13)18(19,20)21/h2,4-5,10-11H,3,6-9H2,1H3. The zero-order valence-corrected chi connectivity index (χ0v) is 14.3. The van der Waals surface area contributed by atoms with Crippen molar-refractivity contribution in [2.24, 2.45) is 0 Å². The van der Waals surface area contributed by atoms with Crippen LogP contribution in [-0.2, 0) is 6.18 Å². The van der Waals surface area contributed by atoms with Crippen LogP contribution in [0.3, 0.4) is 0 Å². The Balaban J connectivity index is 2.00. The third kappa shape index (κ3) is 4.11. The summed E-state index contributed by atoms with van der Waals surface area (Å²) in [5.74, 6) is 0.520. The molecule has 0 unspecified atom stereocenters. The van der Waals surface area contributed by atoms with Crippen molar-refractivity contribution >= 4 is 5.82 Å². The van der Waals surface area contributed by atoms with Gasteiger partial charge in [0.05, 0.1) is 11.3 Å². The molecule has 1 aromatic carbocycles. The molecule has 1 fully saturated rings. The largest absolute Gasteiger partial charge is 0.416 e. The number of alkyl halides is 3. The van der Waals surface area contributed by atoms with E-state index in [2.05, 4.69) is 14.9 Å². The lowest BCUT2D eigenvalue weighted by Crippen LogP contribution is -2.29. The maximum atomic E-state index is 13.0. The highest BCUT2D eigenvalue weighted by atomic mass is 19.4. The highest BCUT2D eigenvalue weighted by Crippen LogP contribution is 2.32. The van der Waals surface area contributed by atoms with E-state index >= 15 is 0 Å². The lowest BCUT2D eigenvalue weighted by atomic mass is 10.1. The molecule has 1 aliphatic rings. The van der Waals surface area contributed by atoms with Crippen LogP contribution >= 0.6 is 0 Å². The molecule has 1 aromatic heterocycles. The number of hydrogen-bond acceptors (Lipinski definition) is 5. The zero-order valence-electron chi connectivity index (χ0n) is 14.3. The van der Waals surface area contributed by atoms with Crippen LogP contribution in [-0.4, -0.2) is 48.1 Å². The Hall–Kier alpha value is -2.66. The average Bonchev–Trinajstić information content (AvgIpc) is 2.85. The molecule has 0 bridgehead atoms. The number of benzene rings is 1. The van der Waals surface area contributed by atoms with Crippen molar-refractivity contribution in [1.82, 2.24) is 14.9 Å². The summed E-state index contributed by atoms with van der Waals surface area (Å²) in [5, 5.41) is 9.23. The summed E-state index contributed by atoms with van der Waals surface area (Å²) in [7, 11) is 2.04. The molecule has 2 aromatic rings. The maximum absolute atomic E-state index is 13.0. The van der Waals surface area contributed by atoms with E-state index in [0.717, 1.165) is 44.7 Å². The van der Waals surface area contributed by atoms with Gasteiger partial charge in [-0.25, -0.2) is 9.97 Å². The molecule has 1 saturated heterocycles. The van der Waals surface area contributed by atoms with Crippen LogP contribution < -0.4 is 4.90 Å². The van der Waals surface area contributed by atoms with Crippen molar-refractivity contribution in [3.05, 3.63) is 41.7 Å². The molecule has 136 valence electrons. The fourth-order valence-electron chi connectivity index (χ4n) is 2.92. The van der Waals surface area contributed by atoms with Gasteiger partial charge in [-0.3, -0.25) is 0 Å². The number of halogens is 3. The van der Waals surface area contributed by atoms with Crippen LogP contribution in [0.25, 0.3) is 11.3 Å². The quantitative estimate of drug-likeness (QED) is 0.822. The molecule has 0 spiro atoms. The second kappa shape index (κ2) is 7.30. The zero-order chi connectivity index (χ0) is 18.7. The predicted octanol–water partition coefficient (Wildman–Crippen LogP) is 3.18. The van der Waals surface area contributed by atoms with Crippen LogP contribution in [0.15, 0.2) is 30.3 Å². The van der Waals surface area contributed by atoms with E-state index in [1.54, 1.807) is 12.1 Å². The fourth-order valence-corrected chi connectivity index (χ4v) is 2.92. The molecule has 0 saturated carbocycles. The third-order valence-corrected chi connectivity index (χ3v) is 4.34. The minimum absolute atomic E-state index is 0.0486. The monoisotopic (exact) mass is 361 g/mol. The lowest BCUT2D eigenvalue weighted by Gasteiger charge is -2.22. The van der Waals surface area contributed by atoms with E-state index in [0.29, 0.717) is 17.1 Å². The number of likely N-dealkylation sites (N-methyl/N-ethyl adjacent to an activating group) is 1. The van der Waals surface area contributed by atoms with Crippen LogP contribution in [0.1, 0.15) is 17.8 Å². The Morgan fingerprint density at radius 1 is 1.08 bits per heavy atom. The smallest absolute Gasteiger partial charge is 0.355 e. The second-order valence-corrected chi connectivity index (χ2v) is 6.27. The summed E-state index contributed by atoms with van der Waals surface area (Å²) >= 11 is 0. The molecule has 0 radical (unpaired) electrons. The van der Waals surface area contributed by atoms with E-state index in [1.165, 1.54) is 6.07 Å². The van der Waals surface area contributed by atoms with Crippen molar-refractivity contribution in [3.63, 3.8) is 0 Å². The van der Waals surface area contributed by atoms with Crippen LogP contribution in [0.5, 0.6) is 0 Å². The molecule has 0 atom stereocenters. The first-order valence-electron chi connectivity index (χ1n) is 8.27. The first-order valence-corrected chi connectivity index (χ1v) is 8.27. The van der Waals surface area contributed by atoms with E-state index in [4.69, 9.17) is 0 Å². The van der Waals surface area contributed by atoms with E-state index in [9.17, 15) is 18.4 Å². The van der Waals surface area contributed by atoms with Gasteiger partial charge in [-0.2, -0.15) is 18.4 Å². The Morgan fingerprint density at radius 3 is 2.62 bits per heavy atom. The van der Waals surface area contributed by atoms with Gasteiger partial charge in [-0.1, -0.05) is 12.1 Å². The van der Waals surface area contributed by atoms with Gasteiger partial charge in [0.15, 0.2) is 0 Å². The number of anilines is 1. The van der Waals surface area contributed by atoms with Gasteiger partial charge in [0, 0.05) is 31.3 Å². The number of aromatic nitrogens is 2. The van der Waals surface area contributed by atoms with Crippen LogP contribution in [0, 0.1) is 11.3 Å². The van der Waals surface area contributed by atoms with Gasteiger partial charge in [0.1, 0.15) is 11.9 Å². The van der Waals surface area contributed by atoms with E-state index < -0.39 is 11.7 Å². The summed E-state index contributed by atoms with van der Waals surface area (Å²) in [6.07, 6.45) is -3.49. The van der Waals surface area contributed by atoms with E-state index in [1.807, 2.05) is 18.0 Å². The Labute approximate surface area is 149 Å². The highest BCUT2D eigenvalue weighted by molar-refractivity contribution is 5.64. The minimum Gasteiger partial charge on any atom is -0.355 e. The summed E-state index contributed by atoms with van der Waals surface area (Å²) in [4.78, 5) is 12.6. The van der Waals surface area contributed by atoms with Gasteiger partial charge in [-0.15, -0.1) is 0 Å². The SMILES string of the molecule is CN1CCCN(c2cc(-c3cccc(C(F)(F)F)c3)nc(C#N)n2)CC1. The molecule has 26 heavy (non-hydrogen) atoms. The molecule has 0 amide bonds. The molecule has 1 aliphatic heterocycles. The van der Waals surface area contributed by atoms with Gasteiger partial charge < -0.3 is 9.80 Å². The Morgan fingerprint density at radius 2 is 1.88 bits per heavy atom. The molecule has 0 N–H and O–H groups in total. The van der Waals surface area contributed by atoms with E-state index in [-0.39, 0.29) is 5.82 Å². The van der Waals surface area contributed by atoms with Crippen molar-refractivity contribution in [2.75, 3.05) is 38.1 Å². The van der Waals surface area contributed by atoms with Crippen molar-refractivity contribution < 1.29 is 13.2 Å². The fraction of sp³-hybridized carbons (Fsp3) is 0.389. The number of nitriles is 1. The van der Waals surface area contributed by atoms with Crippen LogP contribution in [0.4, 0.5) is 19.0 Å². The van der Waals surface area contributed by atoms with Crippen molar-refractivity contribution in [3.8, 4) is 17.3 Å². The summed E-state index contributed by atoms with van der Waals surface area (Å²) in [6, 6.07) is 8.51. The minimum atomic E-state index is -4.43. The summed E-state index contributed by atoms with van der Waals surface area (Å²) in [5.41, 5.74) is -0.118. The third-order valence-electron chi connectivity index (χ3n) is 4.34. The van der Waals surface area contributed by atoms with Crippen LogP contribution in [0.2, 0.25) is 0 Å². The Kier molecular flexibility index (Phi) is 5.09. The molecule has 2 heterocycles. The average molecular weight is 361 g/mol. The normalized spacial score (nSPS) is 16.2. The van der Waals surface area contributed by atoms with Gasteiger partial charge >= 0.3 is 6.18 Å². The molecule has 3 rings (SSSR count). The molecule has 8 heteroatoms. The molecule has 5 nitrogen and oxygen atoms in total. The van der Waals surface area contributed by atoms with Gasteiger partial charge in [0.2, 0.25) is 5.82 Å². The van der Waals surface area contributed by atoms with Gasteiger partial charge in [0.25, 0.3) is 0 Å². The Bertz CT molecular complexity index is 828. The predicted molar refractivity (Wildman–Crippen MR) is 91.5 cm³/mol. The summed E-state index contributed by atoms with van der Waals surface area (Å²) < 4.78 is 38.9. The van der Waals surface area contributed by atoms with Crippen molar-refractivity contribution in [2.45, 2.75) is 12.6 Å². The first kappa shape index (κ1) is 18.1. The highest BCUT2D eigenvalue weighted by Gasteiger charge is 2.30. The number of hydrogen-bond donors (Lipinski definition) is 0. The molecular formula is C18H18F3N5. The first-order chi connectivity index (χ1) is 12.4. The second-order valence-electron chi connectivity index (χ2n) is 6.27. The lowest BCUT2D eigenvalue weighted by molar-refractivity contribution is -0.137. The maximum Gasteiger partial charge on any atom is 0.416 e. The topological polar surface area (TPSA) is 56.0 Å². The van der Waals surface area contributed by atoms with Crippen molar-refractivity contribution in [1.29, 1.82) is 5.26 Å². The van der Waals surface area contributed by atoms with Gasteiger partial charge in [-0.05, 0) is 32.1 Å². The molecule has 0 aliphatic carbocycles. The number of rotatable bonds is 2. The molecular weight excluding hydrogens is 343 g/mol. The summed E-state index contributed by atoms with van der Waals surface area (Å²) in [6.45, 7) is 3.33.